The Morgan fingerprint density at radius 1 is 1.17 bits per heavy atom. The number of phenols is 1. The van der Waals surface area contributed by atoms with E-state index in [1.54, 1.807) is 6.07 Å². The second-order valence-corrected chi connectivity index (χ2v) is 7.45. The van der Waals surface area contributed by atoms with Crippen molar-refractivity contribution in [2.24, 2.45) is 23.7 Å². The smallest absolute Gasteiger partial charge is 0.311 e. The van der Waals surface area contributed by atoms with Crippen LogP contribution in [0.25, 0.3) is 0 Å². The Hall–Kier alpha value is -1.55. The van der Waals surface area contributed by atoms with Crippen molar-refractivity contribution in [2.45, 2.75) is 44.1 Å². The van der Waals surface area contributed by atoms with E-state index in [9.17, 15) is 15.0 Å². The molecule has 0 saturated heterocycles. The SMILES string of the molecule is COC(=O)[C@@H]1CC2C3CCc4cc(O)ccc4C3CCC2C1O. The number of hydrogen-bond donors (Lipinski definition) is 2. The molecule has 5 unspecified atom stereocenters. The summed E-state index contributed by atoms with van der Waals surface area (Å²) in [6, 6.07) is 5.76. The number of aliphatic hydroxyl groups is 1. The fourth-order valence-corrected chi connectivity index (χ4v) is 5.60. The zero-order valence-corrected chi connectivity index (χ0v) is 13.4. The van der Waals surface area contributed by atoms with Crippen LogP contribution in [0.15, 0.2) is 18.2 Å². The lowest BCUT2D eigenvalue weighted by Crippen LogP contribution is -2.37. The Morgan fingerprint density at radius 2 is 2.00 bits per heavy atom. The van der Waals surface area contributed by atoms with Crippen LogP contribution < -0.4 is 0 Å². The number of phenolic OH excluding ortho intramolecular Hbond substituents is 1. The number of aryl methyl sites for hydroxylation is 1. The third-order valence-electron chi connectivity index (χ3n) is 6.58. The number of rotatable bonds is 1. The number of esters is 1. The quantitative estimate of drug-likeness (QED) is 0.782. The van der Waals surface area contributed by atoms with E-state index >= 15 is 0 Å². The minimum atomic E-state index is -0.547. The van der Waals surface area contributed by atoms with E-state index in [-0.39, 0.29) is 17.8 Å². The summed E-state index contributed by atoms with van der Waals surface area (Å²) in [4.78, 5) is 12.0. The van der Waals surface area contributed by atoms with Crippen LogP contribution in [0.1, 0.15) is 42.7 Å². The molecule has 0 bridgehead atoms. The van der Waals surface area contributed by atoms with Crippen molar-refractivity contribution in [2.75, 3.05) is 7.11 Å². The largest absolute Gasteiger partial charge is 0.508 e. The topological polar surface area (TPSA) is 66.8 Å². The molecule has 124 valence electrons. The number of ether oxygens (including phenoxy) is 1. The first-order valence-corrected chi connectivity index (χ1v) is 8.68. The highest BCUT2D eigenvalue weighted by Crippen LogP contribution is 2.56. The molecule has 0 heterocycles. The molecule has 0 amide bonds. The van der Waals surface area contributed by atoms with Gasteiger partial charge in [0.1, 0.15) is 5.75 Å². The van der Waals surface area contributed by atoms with Gasteiger partial charge in [0.05, 0.1) is 19.1 Å². The lowest BCUT2D eigenvalue weighted by molar-refractivity contribution is -0.148. The summed E-state index contributed by atoms with van der Waals surface area (Å²) in [5.74, 6) is 1.42. The van der Waals surface area contributed by atoms with Crippen molar-refractivity contribution < 1.29 is 19.7 Å². The van der Waals surface area contributed by atoms with Crippen LogP contribution in [0.4, 0.5) is 0 Å². The van der Waals surface area contributed by atoms with E-state index in [1.165, 1.54) is 18.2 Å². The molecule has 0 radical (unpaired) electrons. The molecule has 6 atom stereocenters. The van der Waals surface area contributed by atoms with Gasteiger partial charge in [-0.3, -0.25) is 4.79 Å². The number of fused-ring (bicyclic) bond motifs is 5. The summed E-state index contributed by atoms with van der Waals surface area (Å²) in [6.07, 6.45) is 4.31. The fraction of sp³-hybridized carbons (Fsp3) is 0.632. The van der Waals surface area contributed by atoms with Gasteiger partial charge >= 0.3 is 5.97 Å². The predicted octanol–water partition coefficient (Wildman–Crippen LogP) is 2.62. The van der Waals surface area contributed by atoms with Gasteiger partial charge in [0, 0.05) is 0 Å². The summed E-state index contributed by atoms with van der Waals surface area (Å²) < 4.78 is 4.89. The number of aliphatic hydroxyl groups excluding tert-OH is 1. The van der Waals surface area contributed by atoms with Gasteiger partial charge in [0.15, 0.2) is 0 Å². The highest BCUT2D eigenvalue weighted by Gasteiger charge is 2.53. The van der Waals surface area contributed by atoms with E-state index < -0.39 is 6.10 Å². The molecule has 0 spiro atoms. The molecule has 3 aliphatic carbocycles. The van der Waals surface area contributed by atoms with Crippen molar-refractivity contribution in [1.29, 1.82) is 0 Å². The van der Waals surface area contributed by atoms with Crippen molar-refractivity contribution in [3.63, 3.8) is 0 Å². The van der Waals surface area contributed by atoms with Crippen LogP contribution in [0, 0.1) is 23.7 Å². The van der Waals surface area contributed by atoms with E-state index in [4.69, 9.17) is 4.74 Å². The van der Waals surface area contributed by atoms with Crippen LogP contribution in [-0.2, 0) is 16.0 Å². The summed E-state index contributed by atoms with van der Waals surface area (Å²) in [6.45, 7) is 0. The van der Waals surface area contributed by atoms with Gasteiger partial charge < -0.3 is 14.9 Å². The minimum absolute atomic E-state index is 0.235. The Kier molecular flexibility index (Phi) is 3.60. The van der Waals surface area contributed by atoms with E-state index in [0.29, 0.717) is 23.5 Å². The van der Waals surface area contributed by atoms with Gasteiger partial charge in [-0.1, -0.05) is 6.07 Å². The standard InChI is InChI=1S/C19H24O4/c1-23-19(22)17-9-16-14-4-2-10-8-11(20)3-5-12(10)13(14)6-7-15(16)18(17)21/h3,5,8,13-18,20-21H,2,4,6-7,9H2,1H3/t13?,14?,15?,16?,17-,18?/m1/s1. The van der Waals surface area contributed by atoms with Crippen LogP contribution in [0.3, 0.4) is 0 Å². The van der Waals surface area contributed by atoms with Gasteiger partial charge in [0.25, 0.3) is 0 Å². The van der Waals surface area contributed by atoms with Crippen LogP contribution in [-0.4, -0.2) is 29.4 Å². The van der Waals surface area contributed by atoms with E-state index in [2.05, 4.69) is 6.07 Å². The molecule has 4 rings (SSSR count). The number of hydrogen-bond acceptors (Lipinski definition) is 4. The molecule has 4 heteroatoms. The Labute approximate surface area is 136 Å². The minimum Gasteiger partial charge on any atom is -0.508 e. The zero-order chi connectivity index (χ0) is 16.1. The molecule has 1 aromatic rings. The van der Waals surface area contributed by atoms with Crippen molar-refractivity contribution in [1.82, 2.24) is 0 Å². The van der Waals surface area contributed by atoms with Crippen LogP contribution >= 0.6 is 0 Å². The molecular weight excluding hydrogens is 292 g/mol. The first-order valence-electron chi connectivity index (χ1n) is 8.68. The first kappa shape index (κ1) is 15.0. The van der Waals surface area contributed by atoms with Gasteiger partial charge in [-0.25, -0.2) is 0 Å². The second kappa shape index (κ2) is 5.52. The summed E-state index contributed by atoms with van der Waals surface area (Å²) in [5.41, 5.74) is 2.64. The maximum atomic E-state index is 12.0. The molecular formula is C19H24O4. The van der Waals surface area contributed by atoms with Gasteiger partial charge in [-0.05, 0) is 79.0 Å². The summed E-state index contributed by atoms with van der Waals surface area (Å²) in [5, 5.41) is 20.3. The molecule has 3 aliphatic rings. The molecule has 1 aromatic carbocycles. The molecule has 2 fully saturated rings. The van der Waals surface area contributed by atoms with Gasteiger partial charge in [0.2, 0.25) is 0 Å². The normalized spacial score (nSPS) is 38.3. The number of methoxy groups -OCH3 is 1. The van der Waals surface area contributed by atoms with Crippen LogP contribution in [0.5, 0.6) is 5.75 Å². The fourth-order valence-electron chi connectivity index (χ4n) is 5.60. The average Bonchev–Trinajstić information content (AvgIpc) is 2.90. The number of carbonyl (C=O) groups is 1. The zero-order valence-electron chi connectivity index (χ0n) is 13.4. The van der Waals surface area contributed by atoms with E-state index in [0.717, 1.165) is 32.1 Å². The van der Waals surface area contributed by atoms with Gasteiger partial charge in [-0.2, -0.15) is 0 Å². The highest BCUT2D eigenvalue weighted by molar-refractivity contribution is 5.73. The molecule has 23 heavy (non-hydrogen) atoms. The highest BCUT2D eigenvalue weighted by atomic mass is 16.5. The van der Waals surface area contributed by atoms with Crippen molar-refractivity contribution in [3.8, 4) is 5.75 Å². The van der Waals surface area contributed by atoms with Crippen LogP contribution in [0.2, 0.25) is 0 Å². The number of aromatic hydroxyl groups is 1. The van der Waals surface area contributed by atoms with Gasteiger partial charge in [-0.15, -0.1) is 0 Å². The number of carbonyl (C=O) groups excluding carboxylic acids is 1. The third-order valence-corrected chi connectivity index (χ3v) is 6.58. The lowest BCUT2D eigenvalue weighted by atomic mass is 9.61. The predicted molar refractivity (Wildman–Crippen MR) is 85.0 cm³/mol. The summed E-state index contributed by atoms with van der Waals surface area (Å²) in [7, 11) is 1.41. The van der Waals surface area contributed by atoms with E-state index in [1.807, 2.05) is 6.07 Å². The number of benzene rings is 1. The Bertz CT molecular complexity index is 626. The second-order valence-electron chi connectivity index (χ2n) is 7.45. The molecule has 2 saturated carbocycles. The third kappa shape index (κ3) is 2.26. The summed E-state index contributed by atoms with van der Waals surface area (Å²) >= 11 is 0. The first-order chi connectivity index (χ1) is 11.1. The van der Waals surface area contributed by atoms with Crippen molar-refractivity contribution >= 4 is 5.97 Å². The average molecular weight is 316 g/mol. The monoisotopic (exact) mass is 316 g/mol. The molecule has 4 nitrogen and oxygen atoms in total. The molecule has 2 N–H and O–H groups in total. The maximum Gasteiger partial charge on any atom is 0.311 e. The Morgan fingerprint density at radius 3 is 2.78 bits per heavy atom. The Balaban J connectivity index is 1.62. The maximum absolute atomic E-state index is 12.0. The van der Waals surface area contributed by atoms with Crippen molar-refractivity contribution in [3.05, 3.63) is 29.3 Å². The molecule has 0 aromatic heterocycles. The lowest BCUT2D eigenvalue weighted by Gasteiger charge is -2.44. The molecule has 0 aliphatic heterocycles.